The van der Waals surface area contributed by atoms with Crippen molar-refractivity contribution in [3.05, 3.63) is 98.6 Å². The van der Waals surface area contributed by atoms with Gasteiger partial charge in [-0.05, 0) is 47.5 Å². The molecule has 0 aliphatic carbocycles. The monoisotopic (exact) mass is 462 g/mol. The summed E-state index contributed by atoms with van der Waals surface area (Å²) in [7, 11) is 0. The van der Waals surface area contributed by atoms with Crippen LogP contribution in [0.5, 0.6) is 11.5 Å². The number of rotatable bonds is 6. The maximum absolute atomic E-state index is 13.3. The zero-order valence-corrected chi connectivity index (χ0v) is 17.9. The fraction of sp³-hybridized carbons (Fsp3) is 0.167. The first-order valence-electron chi connectivity index (χ1n) is 10.5. The average molecular weight is 462 g/mol. The molecule has 0 saturated carbocycles. The zero-order chi connectivity index (χ0) is 23.7. The Morgan fingerprint density at radius 3 is 2.59 bits per heavy atom. The van der Waals surface area contributed by atoms with Gasteiger partial charge in [0.1, 0.15) is 12.4 Å². The quantitative estimate of drug-likeness (QED) is 0.469. The van der Waals surface area contributed by atoms with Crippen molar-refractivity contribution in [3.63, 3.8) is 0 Å². The molecule has 0 saturated heterocycles. The summed E-state index contributed by atoms with van der Waals surface area (Å²) in [6.45, 7) is -0.0169. The van der Waals surface area contributed by atoms with Gasteiger partial charge in [-0.1, -0.05) is 18.2 Å². The van der Waals surface area contributed by atoms with Crippen molar-refractivity contribution in [3.8, 4) is 11.5 Å². The number of pyridine rings is 1. The maximum atomic E-state index is 13.3. The number of fused-ring (bicyclic) bond motifs is 2. The molecule has 10 heteroatoms. The second-order valence-corrected chi connectivity index (χ2v) is 7.72. The number of halogens is 1. The number of aromatic nitrogens is 3. The molecule has 1 aliphatic heterocycles. The van der Waals surface area contributed by atoms with Gasteiger partial charge in [-0.25, -0.2) is 14.2 Å². The van der Waals surface area contributed by atoms with Crippen molar-refractivity contribution < 1.29 is 18.7 Å². The Bertz CT molecular complexity index is 1510. The fourth-order valence-electron chi connectivity index (χ4n) is 3.76. The maximum Gasteiger partial charge on any atom is 0.332 e. The molecule has 1 amide bonds. The molecular formula is C24H19FN4O5. The van der Waals surface area contributed by atoms with Gasteiger partial charge < -0.3 is 14.8 Å². The highest BCUT2D eigenvalue weighted by Crippen LogP contribution is 2.32. The molecule has 2 aromatic carbocycles. The van der Waals surface area contributed by atoms with Crippen molar-refractivity contribution in [2.75, 3.05) is 6.79 Å². The highest BCUT2D eigenvalue weighted by atomic mass is 19.1. The molecule has 1 aliphatic rings. The van der Waals surface area contributed by atoms with E-state index in [4.69, 9.17) is 9.47 Å². The van der Waals surface area contributed by atoms with Gasteiger partial charge in [0.25, 0.3) is 5.56 Å². The number of amides is 1. The van der Waals surface area contributed by atoms with Crippen LogP contribution >= 0.6 is 0 Å². The molecule has 1 N–H and O–H groups in total. The van der Waals surface area contributed by atoms with Crippen molar-refractivity contribution >= 4 is 16.9 Å². The Morgan fingerprint density at radius 1 is 1.00 bits per heavy atom. The third-order valence-electron chi connectivity index (χ3n) is 5.47. The molecule has 34 heavy (non-hydrogen) atoms. The molecule has 3 heterocycles. The lowest BCUT2D eigenvalue weighted by molar-refractivity contribution is -0.121. The molecule has 0 bridgehead atoms. The number of hydrogen-bond acceptors (Lipinski definition) is 6. The fourth-order valence-corrected chi connectivity index (χ4v) is 3.76. The molecule has 9 nitrogen and oxygen atoms in total. The molecule has 4 aromatic rings. The molecule has 0 atom stereocenters. The third-order valence-corrected chi connectivity index (χ3v) is 5.47. The Hall–Kier alpha value is -4.47. The topological polar surface area (TPSA) is 104 Å². The predicted molar refractivity (Wildman–Crippen MR) is 120 cm³/mol. The molecular weight excluding hydrogens is 443 g/mol. The molecule has 0 fully saturated rings. The van der Waals surface area contributed by atoms with Crippen LogP contribution in [0.3, 0.4) is 0 Å². The number of carbonyl (C=O) groups excluding carboxylic acids is 1. The van der Waals surface area contributed by atoms with E-state index in [-0.39, 0.29) is 37.5 Å². The summed E-state index contributed by atoms with van der Waals surface area (Å²) in [4.78, 5) is 43.0. The third kappa shape index (κ3) is 4.13. The number of ether oxygens (including phenoxy) is 2. The van der Waals surface area contributed by atoms with E-state index in [1.807, 2.05) is 6.07 Å². The minimum Gasteiger partial charge on any atom is -0.454 e. The highest BCUT2D eigenvalue weighted by Gasteiger charge is 2.17. The van der Waals surface area contributed by atoms with Crippen LogP contribution in [0, 0.1) is 5.82 Å². The van der Waals surface area contributed by atoms with E-state index in [1.165, 1.54) is 35.0 Å². The van der Waals surface area contributed by atoms with Gasteiger partial charge in [-0.15, -0.1) is 0 Å². The van der Waals surface area contributed by atoms with Gasteiger partial charge in [0.2, 0.25) is 12.7 Å². The molecule has 0 spiro atoms. The number of carbonyl (C=O) groups is 1. The molecule has 0 unspecified atom stereocenters. The lowest BCUT2D eigenvalue weighted by Crippen LogP contribution is -2.43. The van der Waals surface area contributed by atoms with E-state index in [1.54, 1.807) is 24.3 Å². The highest BCUT2D eigenvalue weighted by molar-refractivity contribution is 5.79. The predicted octanol–water partition coefficient (Wildman–Crippen LogP) is 1.79. The summed E-state index contributed by atoms with van der Waals surface area (Å²) >= 11 is 0. The number of benzene rings is 2. The molecule has 0 radical (unpaired) electrons. The van der Waals surface area contributed by atoms with Gasteiger partial charge in [0, 0.05) is 12.7 Å². The zero-order valence-electron chi connectivity index (χ0n) is 17.9. The van der Waals surface area contributed by atoms with Crippen LogP contribution in [-0.2, 0) is 24.4 Å². The summed E-state index contributed by atoms with van der Waals surface area (Å²) in [5.74, 6) is 0.404. The summed E-state index contributed by atoms with van der Waals surface area (Å²) in [6, 6.07) is 14.0. The van der Waals surface area contributed by atoms with Gasteiger partial charge in [-0.3, -0.25) is 18.7 Å². The van der Waals surface area contributed by atoms with Crippen LogP contribution in [-0.4, -0.2) is 26.8 Å². The first-order valence-corrected chi connectivity index (χ1v) is 10.5. The van der Waals surface area contributed by atoms with Gasteiger partial charge in [-0.2, -0.15) is 0 Å². The lowest BCUT2D eigenvalue weighted by Gasteiger charge is -2.14. The van der Waals surface area contributed by atoms with Gasteiger partial charge in [0.15, 0.2) is 17.0 Å². The van der Waals surface area contributed by atoms with E-state index in [9.17, 15) is 18.8 Å². The molecule has 2 aromatic heterocycles. The van der Waals surface area contributed by atoms with Crippen LogP contribution in [0.2, 0.25) is 0 Å². The Labute approximate surface area is 192 Å². The largest absolute Gasteiger partial charge is 0.454 e. The van der Waals surface area contributed by atoms with Crippen LogP contribution in [0.1, 0.15) is 11.1 Å². The smallest absolute Gasteiger partial charge is 0.332 e. The van der Waals surface area contributed by atoms with Crippen LogP contribution in [0.25, 0.3) is 11.0 Å². The standard InChI is InChI=1S/C24H19FN4O5/c25-17-6-3-15(4-7-17)12-29-23(31)22-18(2-1-9-26-22)28(24(29)32)13-21(30)27-11-16-5-8-19-20(10-16)34-14-33-19/h1-10H,11-14H2,(H,27,30). The summed E-state index contributed by atoms with van der Waals surface area (Å²) in [5.41, 5.74) is 0.446. The van der Waals surface area contributed by atoms with Crippen molar-refractivity contribution in [2.45, 2.75) is 19.6 Å². The Kier molecular flexibility index (Phi) is 5.54. The van der Waals surface area contributed by atoms with Crippen molar-refractivity contribution in [1.82, 2.24) is 19.4 Å². The summed E-state index contributed by atoms with van der Waals surface area (Å²) in [5, 5.41) is 2.78. The molecule has 172 valence electrons. The minimum absolute atomic E-state index is 0.0628. The van der Waals surface area contributed by atoms with E-state index in [2.05, 4.69) is 10.3 Å². The van der Waals surface area contributed by atoms with Crippen LogP contribution < -0.4 is 26.0 Å². The second-order valence-electron chi connectivity index (χ2n) is 7.72. The van der Waals surface area contributed by atoms with E-state index in [0.717, 1.165) is 10.1 Å². The van der Waals surface area contributed by atoms with Crippen molar-refractivity contribution in [1.29, 1.82) is 0 Å². The molecule has 5 rings (SSSR count). The van der Waals surface area contributed by atoms with Crippen LogP contribution in [0.15, 0.2) is 70.4 Å². The van der Waals surface area contributed by atoms with E-state index < -0.39 is 23.0 Å². The van der Waals surface area contributed by atoms with Gasteiger partial charge in [0.05, 0.1) is 12.1 Å². The number of nitrogens with one attached hydrogen (secondary N) is 1. The minimum atomic E-state index is -0.659. The Morgan fingerprint density at radius 2 is 1.76 bits per heavy atom. The van der Waals surface area contributed by atoms with Gasteiger partial charge >= 0.3 is 5.69 Å². The first-order chi connectivity index (χ1) is 16.5. The average Bonchev–Trinajstić information content (AvgIpc) is 3.32. The Balaban J connectivity index is 1.42. The number of nitrogens with zero attached hydrogens (tertiary/aromatic N) is 3. The summed E-state index contributed by atoms with van der Waals surface area (Å²) in [6.07, 6.45) is 1.44. The van der Waals surface area contributed by atoms with Crippen molar-refractivity contribution in [2.24, 2.45) is 0 Å². The lowest BCUT2D eigenvalue weighted by atomic mass is 10.2. The van der Waals surface area contributed by atoms with E-state index in [0.29, 0.717) is 17.1 Å². The van der Waals surface area contributed by atoms with Crippen LogP contribution in [0.4, 0.5) is 4.39 Å². The first kappa shape index (κ1) is 21.4. The number of hydrogen-bond donors (Lipinski definition) is 1. The second kappa shape index (κ2) is 8.81. The SMILES string of the molecule is O=C(Cn1c(=O)n(Cc2ccc(F)cc2)c(=O)c2ncccc21)NCc1ccc2c(c1)OCO2. The normalized spacial score (nSPS) is 12.1. The summed E-state index contributed by atoms with van der Waals surface area (Å²) < 4.78 is 26.1. The van der Waals surface area contributed by atoms with E-state index >= 15 is 0 Å².